The largest absolute Gasteiger partial charge is 0.416 e. The number of aromatic nitrogens is 3. The van der Waals surface area contributed by atoms with Crippen LogP contribution in [-0.4, -0.2) is 22.6 Å². The van der Waals surface area contributed by atoms with Gasteiger partial charge in [-0.2, -0.15) is 34.8 Å². The van der Waals surface area contributed by atoms with Crippen molar-refractivity contribution < 1.29 is 34.8 Å². The fourth-order valence-corrected chi connectivity index (χ4v) is 3.28. The second kappa shape index (κ2) is 6.62. The lowest BCUT2D eigenvalue weighted by atomic mass is 10.1. The molecule has 148 valence electrons. The molecule has 1 aromatic heterocycles. The van der Waals surface area contributed by atoms with Crippen LogP contribution in [0.5, 0.6) is 0 Å². The Bertz CT molecular complexity index is 1090. The summed E-state index contributed by atoms with van der Waals surface area (Å²) < 4.78 is 101. The maximum Gasteiger partial charge on any atom is 0.416 e. The number of hydrogen-bond donors (Lipinski definition) is 0. The van der Waals surface area contributed by atoms with Crippen LogP contribution in [-0.2, 0) is 22.4 Å². The fraction of sp³-hybridized carbons (Fsp3) is 0.125. The van der Waals surface area contributed by atoms with E-state index < -0.39 is 38.4 Å². The third kappa shape index (κ3) is 3.86. The van der Waals surface area contributed by atoms with Gasteiger partial charge in [-0.3, -0.25) is 0 Å². The van der Waals surface area contributed by atoms with Crippen molar-refractivity contribution in [1.82, 2.24) is 14.2 Å². The van der Waals surface area contributed by atoms with Gasteiger partial charge in [0.1, 0.15) is 6.33 Å². The zero-order chi connectivity index (χ0) is 20.7. The fourth-order valence-electron chi connectivity index (χ4n) is 2.23. The summed E-state index contributed by atoms with van der Waals surface area (Å²) in [6.45, 7) is 0. The Hall–Kier alpha value is -2.89. The maximum atomic E-state index is 12.6. The molecule has 5 nitrogen and oxygen atoms in total. The summed E-state index contributed by atoms with van der Waals surface area (Å²) in [7, 11) is -4.32. The predicted molar refractivity (Wildman–Crippen MR) is 84.5 cm³/mol. The molecular weight excluding hydrogens is 412 g/mol. The molecule has 0 unspecified atom stereocenters. The van der Waals surface area contributed by atoms with Gasteiger partial charge in [0.15, 0.2) is 5.82 Å². The van der Waals surface area contributed by atoms with Crippen molar-refractivity contribution in [3.8, 4) is 11.4 Å². The van der Waals surface area contributed by atoms with E-state index in [1.165, 1.54) is 0 Å². The van der Waals surface area contributed by atoms with E-state index in [-0.39, 0.29) is 11.4 Å². The van der Waals surface area contributed by atoms with Crippen molar-refractivity contribution in [2.24, 2.45) is 0 Å². The average Bonchev–Trinajstić information content (AvgIpc) is 3.11. The van der Waals surface area contributed by atoms with Gasteiger partial charge in [-0.15, -0.1) is 9.19 Å². The average molecular weight is 421 g/mol. The van der Waals surface area contributed by atoms with Gasteiger partial charge in [0.05, 0.1) is 16.0 Å². The summed E-state index contributed by atoms with van der Waals surface area (Å²) in [6.07, 6.45) is -8.34. The second-order valence-corrected chi connectivity index (χ2v) is 7.34. The molecule has 0 spiro atoms. The molecule has 0 fully saturated rings. The Labute approximate surface area is 154 Å². The number of alkyl halides is 6. The monoisotopic (exact) mass is 421 g/mol. The molecule has 28 heavy (non-hydrogen) atoms. The third-order valence-corrected chi connectivity index (χ3v) is 5.20. The number of hydrogen-bond acceptors (Lipinski definition) is 4. The molecule has 0 atom stereocenters. The number of halogens is 6. The van der Waals surface area contributed by atoms with Crippen LogP contribution >= 0.6 is 0 Å². The van der Waals surface area contributed by atoms with Crippen LogP contribution in [0, 0.1) is 0 Å². The molecule has 0 N–H and O–H groups in total. The smallest absolute Gasteiger partial charge is 0.214 e. The Morgan fingerprint density at radius 2 is 1.21 bits per heavy atom. The lowest BCUT2D eigenvalue weighted by molar-refractivity contribution is -0.138. The van der Waals surface area contributed by atoms with Gasteiger partial charge in [0.2, 0.25) is 0 Å². The van der Waals surface area contributed by atoms with Gasteiger partial charge in [0.25, 0.3) is 10.0 Å². The quantitative estimate of drug-likeness (QED) is 0.594. The van der Waals surface area contributed by atoms with Crippen LogP contribution in [0.4, 0.5) is 26.3 Å². The van der Waals surface area contributed by atoms with Crippen LogP contribution in [0.15, 0.2) is 59.8 Å². The van der Waals surface area contributed by atoms with E-state index in [4.69, 9.17) is 0 Å². The Morgan fingerprint density at radius 1 is 0.750 bits per heavy atom. The van der Waals surface area contributed by atoms with Gasteiger partial charge in [-0.05, 0) is 36.4 Å². The van der Waals surface area contributed by atoms with Gasteiger partial charge < -0.3 is 0 Å². The minimum absolute atomic E-state index is 0.134. The normalized spacial score (nSPS) is 12.9. The highest BCUT2D eigenvalue weighted by Gasteiger charge is 2.31. The number of nitrogens with zero attached hydrogens (tertiary/aromatic N) is 3. The molecule has 1 heterocycles. The summed E-state index contributed by atoms with van der Waals surface area (Å²) in [6, 6.07) is 6.51. The zero-order valence-corrected chi connectivity index (χ0v) is 14.3. The zero-order valence-electron chi connectivity index (χ0n) is 13.5. The Morgan fingerprint density at radius 3 is 1.68 bits per heavy atom. The van der Waals surface area contributed by atoms with Gasteiger partial charge in [0, 0.05) is 5.56 Å². The first-order valence-electron chi connectivity index (χ1n) is 7.41. The highest BCUT2D eigenvalue weighted by Crippen LogP contribution is 2.31. The maximum absolute atomic E-state index is 12.6. The van der Waals surface area contributed by atoms with E-state index in [1.54, 1.807) is 0 Å². The van der Waals surface area contributed by atoms with E-state index in [0.717, 1.165) is 42.7 Å². The van der Waals surface area contributed by atoms with Crippen molar-refractivity contribution >= 4 is 10.0 Å². The summed E-state index contributed by atoms with van der Waals surface area (Å²) in [5, 5.41) is 3.71. The number of benzene rings is 2. The molecule has 3 aromatic rings. The molecule has 0 saturated heterocycles. The van der Waals surface area contributed by atoms with Gasteiger partial charge in [-0.1, -0.05) is 12.1 Å². The van der Waals surface area contributed by atoms with Crippen LogP contribution < -0.4 is 0 Å². The third-order valence-electron chi connectivity index (χ3n) is 3.67. The molecule has 0 aliphatic rings. The van der Waals surface area contributed by atoms with E-state index in [9.17, 15) is 34.8 Å². The lowest BCUT2D eigenvalue weighted by Gasteiger charge is -2.08. The van der Waals surface area contributed by atoms with Gasteiger partial charge >= 0.3 is 12.4 Å². The van der Waals surface area contributed by atoms with E-state index >= 15 is 0 Å². The minimum atomic E-state index is -4.62. The van der Waals surface area contributed by atoms with Crippen LogP contribution in [0.25, 0.3) is 11.4 Å². The summed E-state index contributed by atoms with van der Waals surface area (Å²) in [5.74, 6) is -0.163. The molecule has 0 radical (unpaired) electrons. The number of rotatable bonds is 3. The van der Waals surface area contributed by atoms with Crippen molar-refractivity contribution in [3.05, 3.63) is 66.0 Å². The van der Waals surface area contributed by atoms with E-state index in [0.29, 0.717) is 16.2 Å². The highest BCUT2D eigenvalue weighted by atomic mass is 32.2. The lowest BCUT2D eigenvalue weighted by Crippen LogP contribution is -2.14. The standard InChI is InChI=1S/C16H9F6N3O2S/c17-15(18,19)11-3-1-10(2-4-11)14-23-9-25(24-14)28(26,27)13-7-5-12(6-8-13)16(20,21)22/h1-9H. The van der Waals surface area contributed by atoms with Crippen molar-refractivity contribution in [1.29, 1.82) is 0 Å². The highest BCUT2D eigenvalue weighted by molar-refractivity contribution is 7.89. The molecule has 0 saturated carbocycles. The van der Waals surface area contributed by atoms with Crippen LogP contribution in [0.1, 0.15) is 11.1 Å². The first kappa shape index (κ1) is 19.9. The van der Waals surface area contributed by atoms with Crippen molar-refractivity contribution in [3.63, 3.8) is 0 Å². The van der Waals surface area contributed by atoms with E-state index in [1.807, 2.05) is 0 Å². The molecule has 3 rings (SSSR count). The first-order chi connectivity index (χ1) is 12.9. The predicted octanol–water partition coefficient (Wildman–Crippen LogP) is 4.22. The van der Waals surface area contributed by atoms with Crippen LogP contribution in [0.2, 0.25) is 0 Å². The molecule has 0 aliphatic heterocycles. The van der Waals surface area contributed by atoms with E-state index in [2.05, 4.69) is 10.1 Å². The first-order valence-corrected chi connectivity index (χ1v) is 8.85. The topological polar surface area (TPSA) is 64.8 Å². The van der Waals surface area contributed by atoms with Crippen molar-refractivity contribution in [2.75, 3.05) is 0 Å². The summed E-state index contributed by atoms with van der Waals surface area (Å²) >= 11 is 0. The molecule has 0 aliphatic carbocycles. The van der Waals surface area contributed by atoms with Gasteiger partial charge in [-0.25, -0.2) is 4.98 Å². The SMILES string of the molecule is O=S(=O)(c1ccc(C(F)(F)F)cc1)n1cnc(-c2ccc(C(F)(F)F)cc2)n1. The summed E-state index contributed by atoms with van der Waals surface area (Å²) in [4.78, 5) is 3.28. The van der Waals surface area contributed by atoms with Crippen molar-refractivity contribution in [2.45, 2.75) is 17.2 Å². The molecule has 0 bridgehead atoms. The Kier molecular flexibility index (Phi) is 4.69. The Balaban J connectivity index is 1.90. The molecule has 2 aromatic carbocycles. The summed E-state index contributed by atoms with van der Waals surface area (Å²) in [5.41, 5.74) is -1.78. The second-order valence-electron chi connectivity index (χ2n) is 5.54. The minimum Gasteiger partial charge on any atom is -0.214 e. The molecule has 12 heteroatoms. The molecule has 0 amide bonds. The molecular formula is C16H9F6N3O2S. The van der Waals surface area contributed by atoms with Crippen LogP contribution in [0.3, 0.4) is 0 Å².